The van der Waals surface area contributed by atoms with Gasteiger partial charge in [0.05, 0.1) is 11.6 Å². The highest BCUT2D eigenvalue weighted by molar-refractivity contribution is 7.80. The lowest BCUT2D eigenvalue weighted by atomic mass is 9.90. The van der Waals surface area contributed by atoms with Gasteiger partial charge in [-0.25, -0.2) is 9.18 Å². The number of thiocarbonyl (C=S) groups is 1. The fourth-order valence-corrected chi connectivity index (χ4v) is 6.30. The van der Waals surface area contributed by atoms with Gasteiger partial charge in [-0.2, -0.15) is 0 Å². The number of H-pyrrole nitrogens is 1. The van der Waals surface area contributed by atoms with Crippen LogP contribution in [0.4, 0.5) is 4.39 Å². The van der Waals surface area contributed by atoms with E-state index in [0.717, 1.165) is 44.5 Å². The minimum absolute atomic E-state index is 0.00332. The molecule has 206 valence electrons. The summed E-state index contributed by atoms with van der Waals surface area (Å²) in [6.45, 7) is 14.9. The third-order valence-corrected chi connectivity index (χ3v) is 13.0. The second kappa shape index (κ2) is 11.8. The van der Waals surface area contributed by atoms with E-state index in [4.69, 9.17) is 21.1 Å². The second-order valence-electron chi connectivity index (χ2n) is 12.0. The van der Waals surface area contributed by atoms with Crippen molar-refractivity contribution in [2.75, 3.05) is 26.2 Å². The van der Waals surface area contributed by atoms with E-state index in [9.17, 15) is 9.18 Å². The molecular weight excluding hydrogens is 517 g/mol. The quantitative estimate of drug-likeness (QED) is 0.253. The van der Waals surface area contributed by atoms with Crippen molar-refractivity contribution in [1.29, 1.82) is 0 Å². The molecule has 0 bridgehead atoms. The molecule has 2 N–H and O–H groups in total. The highest BCUT2D eigenvalue weighted by atomic mass is 32.1. The molecule has 2 heterocycles. The zero-order valence-corrected chi connectivity index (χ0v) is 24.9. The molecule has 1 unspecified atom stereocenters. The molecule has 0 spiro atoms. The lowest BCUT2D eigenvalue weighted by Gasteiger charge is -2.41. The molecule has 6 nitrogen and oxygen atoms in total. The molecule has 3 aromatic rings. The summed E-state index contributed by atoms with van der Waals surface area (Å²) in [7, 11) is -2.00. The van der Waals surface area contributed by atoms with Crippen LogP contribution in [0.3, 0.4) is 0 Å². The number of hydrogen-bond donors (Lipinski definition) is 2. The molecule has 1 aliphatic heterocycles. The fraction of sp³-hybridized carbons (Fsp3) is 0.517. The van der Waals surface area contributed by atoms with Crippen molar-refractivity contribution in [1.82, 2.24) is 15.2 Å². The van der Waals surface area contributed by atoms with Crippen molar-refractivity contribution < 1.29 is 13.2 Å². The van der Waals surface area contributed by atoms with E-state index in [-0.39, 0.29) is 17.0 Å². The topological polar surface area (TPSA) is 70.5 Å². The Hall–Kier alpha value is -2.33. The fourth-order valence-electron chi connectivity index (χ4n) is 4.75. The van der Waals surface area contributed by atoms with Gasteiger partial charge in [-0.1, -0.05) is 45.1 Å². The van der Waals surface area contributed by atoms with Crippen LogP contribution >= 0.6 is 12.2 Å². The summed E-state index contributed by atoms with van der Waals surface area (Å²) in [6.07, 6.45) is 3.24. The summed E-state index contributed by atoms with van der Waals surface area (Å²) in [5.74, 6) is -0.0353. The van der Waals surface area contributed by atoms with E-state index in [0.29, 0.717) is 28.6 Å². The number of nitrogens with zero attached hydrogens (tertiary/aromatic N) is 1. The summed E-state index contributed by atoms with van der Waals surface area (Å²) < 4.78 is 25.3. The Morgan fingerprint density at radius 1 is 1.21 bits per heavy atom. The first-order valence-electron chi connectivity index (χ1n) is 13.5. The van der Waals surface area contributed by atoms with Gasteiger partial charge in [0, 0.05) is 18.7 Å². The molecular formula is C29H40FN3O3SSi. The number of oxazole rings is 1. The minimum Gasteiger partial charge on any atom is -0.411 e. The number of rotatable bonds is 9. The number of fused-ring (bicyclic) bond motifs is 1. The summed E-state index contributed by atoms with van der Waals surface area (Å²) in [4.78, 5) is 17.3. The van der Waals surface area contributed by atoms with Crippen LogP contribution in [0.1, 0.15) is 44.7 Å². The summed E-state index contributed by atoms with van der Waals surface area (Å²) in [6, 6.07) is 12.4. The van der Waals surface area contributed by atoms with Gasteiger partial charge in [-0.05, 0) is 92.3 Å². The minimum atomic E-state index is -2.00. The average molecular weight is 558 g/mol. The monoisotopic (exact) mass is 557 g/mol. The summed E-state index contributed by atoms with van der Waals surface area (Å²) >= 11 is 5.69. The van der Waals surface area contributed by atoms with Crippen LogP contribution in [0.25, 0.3) is 11.1 Å². The van der Waals surface area contributed by atoms with Crippen LogP contribution in [-0.2, 0) is 10.8 Å². The highest BCUT2D eigenvalue weighted by Crippen LogP contribution is 2.37. The maximum absolute atomic E-state index is 13.3. The van der Waals surface area contributed by atoms with Crippen LogP contribution in [-0.4, -0.2) is 55.5 Å². The molecule has 1 fully saturated rings. The van der Waals surface area contributed by atoms with Crippen molar-refractivity contribution in [3.05, 3.63) is 70.0 Å². The molecule has 4 rings (SSSR count). The predicted octanol–water partition coefficient (Wildman–Crippen LogP) is 5.87. The second-order valence-corrected chi connectivity index (χ2v) is 17.2. The molecule has 1 saturated heterocycles. The number of aromatic nitrogens is 1. The van der Waals surface area contributed by atoms with Gasteiger partial charge < -0.3 is 19.1 Å². The predicted molar refractivity (Wildman–Crippen MR) is 158 cm³/mol. The van der Waals surface area contributed by atoms with Gasteiger partial charge in [-0.15, -0.1) is 0 Å². The van der Waals surface area contributed by atoms with E-state index in [1.807, 2.05) is 24.3 Å². The number of aromatic amines is 1. The SMILES string of the molecule is CC(C)(C)[Si](C)(C)OC(CNC(=S)c1ccc2[nH]c(=O)oc2c1)CN1CCC(Cc2ccc(F)cc2)CC1. The van der Waals surface area contributed by atoms with Crippen molar-refractivity contribution in [3.63, 3.8) is 0 Å². The molecule has 0 aliphatic carbocycles. The number of nitrogens with one attached hydrogen (secondary N) is 2. The van der Waals surface area contributed by atoms with Gasteiger partial charge in [0.2, 0.25) is 0 Å². The van der Waals surface area contributed by atoms with Gasteiger partial charge in [0.15, 0.2) is 13.9 Å². The van der Waals surface area contributed by atoms with Crippen LogP contribution in [0.15, 0.2) is 51.7 Å². The molecule has 9 heteroatoms. The van der Waals surface area contributed by atoms with Crippen LogP contribution in [0.5, 0.6) is 0 Å². The number of hydrogen-bond acceptors (Lipinski definition) is 5. The maximum Gasteiger partial charge on any atom is 0.417 e. The third kappa shape index (κ3) is 7.40. The number of halogens is 1. The van der Waals surface area contributed by atoms with Crippen molar-refractivity contribution in [3.8, 4) is 0 Å². The van der Waals surface area contributed by atoms with Crippen LogP contribution in [0.2, 0.25) is 18.1 Å². The molecule has 1 aromatic heterocycles. The molecule has 2 aromatic carbocycles. The number of benzene rings is 2. The van der Waals surface area contributed by atoms with Gasteiger partial charge >= 0.3 is 5.76 Å². The van der Waals surface area contributed by atoms with Crippen molar-refractivity contribution in [2.24, 2.45) is 5.92 Å². The van der Waals surface area contributed by atoms with Crippen molar-refractivity contribution in [2.45, 2.75) is 64.3 Å². The average Bonchev–Trinajstić information content (AvgIpc) is 3.23. The number of piperidine rings is 1. The van der Waals surface area contributed by atoms with Gasteiger partial charge in [0.1, 0.15) is 10.8 Å². The first-order chi connectivity index (χ1) is 17.9. The maximum atomic E-state index is 13.3. The number of likely N-dealkylation sites (tertiary alicyclic amines) is 1. The summed E-state index contributed by atoms with van der Waals surface area (Å²) in [5, 5.41) is 3.52. The Morgan fingerprint density at radius 2 is 1.89 bits per heavy atom. The Morgan fingerprint density at radius 3 is 2.55 bits per heavy atom. The molecule has 0 amide bonds. The Labute approximate surface area is 231 Å². The molecule has 38 heavy (non-hydrogen) atoms. The van der Waals surface area contributed by atoms with E-state index in [1.165, 1.54) is 5.56 Å². The lowest BCUT2D eigenvalue weighted by molar-refractivity contribution is 0.0972. The van der Waals surface area contributed by atoms with Crippen LogP contribution in [0, 0.1) is 11.7 Å². The zero-order chi connectivity index (χ0) is 27.5. The molecule has 0 radical (unpaired) electrons. The first-order valence-corrected chi connectivity index (χ1v) is 16.8. The normalized spacial score (nSPS) is 16.6. The first kappa shape index (κ1) is 28.7. The Bertz CT molecular complexity index is 1290. The largest absolute Gasteiger partial charge is 0.417 e. The van der Waals surface area contributed by atoms with E-state index < -0.39 is 14.1 Å². The molecule has 1 atom stereocenters. The molecule has 0 saturated carbocycles. The van der Waals surface area contributed by atoms with Crippen molar-refractivity contribution >= 4 is 36.6 Å². The third-order valence-electron chi connectivity index (χ3n) is 8.05. The lowest BCUT2D eigenvalue weighted by Crippen LogP contribution is -2.51. The summed E-state index contributed by atoms with van der Waals surface area (Å²) in [5.41, 5.74) is 3.17. The highest BCUT2D eigenvalue weighted by Gasteiger charge is 2.39. The standard InChI is InChI=1S/C29H40FN3O3SSi/c1-29(2,3)38(4,5)36-24(18-31-27(37)22-8-11-25-26(17-22)35-28(34)32-25)19-33-14-12-21(13-15-33)16-20-6-9-23(30)10-7-20/h6-11,17,21,24H,12-16,18-19H2,1-5H3,(H,31,37)(H,32,34). The zero-order valence-electron chi connectivity index (χ0n) is 23.1. The van der Waals surface area contributed by atoms with E-state index >= 15 is 0 Å². The Kier molecular flexibility index (Phi) is 8.91. The molecule has 1 aliphatic rings. The smallest absolute Gasteiger partial charge is 0.411 e. The van der Waals surface area contributed by atoms with Crippen LogP contribution < -0.4 is 11.1 Å². The Balaban J connectivity index is 1.37. The van der Waals surface area contributed by atoms with Gasteiger partial charge in [-0.3, -0.25) is 4.98 Å². The van der Waals surface area contributed by atoms with E-state index in [1.54, 1.807) is 18.2 Å². The van der Waals surface area contributed by atoms with E-state index in [2.05, 4.69) is 49.1 Å². The van der Waals surface area contributed by atoms with Gasteiger partial charge in [0.25, 0.3) is 0 Å².